The molecule has 3 aromatic rings. The first-order valence-electron chi connectivity index (χ1n) is 12.3. The number of nitrogens with zero attached hydrogens (tertiary/aromatic N) is 1. The molecule has 6 heteroatoms. The van der Waals surface area contributed by atoms with E-state index >= 15 is 0 Å². The first kappa shape index (κ1) is 21.9. The number of ether oxygens (including phenoxy) is 2. The summed E-state index contributed by atoms with van der Waals surface area (Å²) in [4.78, 5) is 21.1. The molecular formula is C28H29ClN2O3. The van der Waals surface area contributed by atoms with Crippen molar-refractivity contribution in [3.8, 4) is 11.4 Å². The number of carbonyl (C=O) groups excluding carboxylic acids is 1. The average Bonchev–Trinajstić information content (AvgIpc) is 3.26. The number of esters is 1. The molecule has 176 valence electrons. The van der Waals surface area contributed by atoms with Crippen LogP contribution in [0.2, 0.25) is 5.02 Å². The monoisotopic (exact) mass is 476 g/mol. The highest BCUT2D eigenvalue weighted by atomic mass is 35.5. The summed E-state index contributed by atoms with van der Waals surface area (Å²) in [5.74, 6) is 2.48. The Labute approximate surface area is 204 Å². The third kappa shape index (κ3) is 4.27. The number of benzene rings is 2. The van der Waals surface area contributed by atoms with Crippen molar-refractivity contribution < 1.29 is 14.3 Å². The van der Waals surface area contributed by atoms with Gasteiger partial charge in [0, 0.05) is 5.56 Å². The molecule has 4 saturated carbocycles. The van der Waals surface area contributed by atoms with Crippen molar-refractivity contribution in [2.45, 2.75) is 57.3 Å². The van der Waals surface area contributed by atoms with Crippen LogP contribution in [0.4, 0.5) is 0 Å². The number of nitrogens with one attached hydrogen (secondary N) is 1. The maximum atomic E-state index is 13.1. The molecular weight excluding hydrogens is 448 g/mol. The lowest BCUT2D eigenvalue weighted by molar-refractivity contribution is -0.169. The van der Waals surface area contributed by atoms with Crippen LogP contribution in [0.5, 0.6) is 0 Å². The van der Waals surface area contributed by atoms with Crippen LogP contribution in [0.3, 0.4) is 0 Å². The van der Waals surface area contributed by atoms with E-state index in [4.69, 9.17) is 21.1 Å². The van der Waals surface area contributed by atoms with E-state index < -0.39 is 5.97 Å². The normalized spacial score (nSPS) is 27.1. The molecule has 0 radical (unpaired) electrons. The van der Waals surface area contributed by atoms with Gasteiger partial charge in [0.05, 0.1) is 22.9 Å². The Hall–Kier alpha value is -2.63. The predicted octanol–water partition coefficient (Wildman–Crippen LogP) is 6.57. The SMILES string of the molecule is O=C(OCc1ccccc1)c1nc(-c2ccccc2Cl)[nH]c1COC12CC3CC(CC(C3)C1)C2. The number of halogens is 1. The summed E-state index contributed by atoms with van der Waals surface area (Å²) in [6, 6.07) is 17.2. The largest absolute Gasteiger partial charge is 0.456 e. The molecule has 1 N–H and O–H groups in total. The molecule has 0 spiro atoms. The van der Waals surface area contributed by atoms with Crippen LogP contribution in [0.25, 0.3) is 11.4 Å². The number of hydrogen-bond acceptors (Lipinski definition) is 4. The topological polar surface area (TPSA) is 64.2 Å². The summed E-state index contributed by atoms with van der Waals surface area (Å²) in [5.41, 5.74) is 2.56. The zero-order valence-corrected chi connectivity index (χ0v) is 19.9. The molecule has 4 aliphatic rings. The van der Waals surface area contributed by atoms with Crippen molar-refractivity contribution in [2.75, 3.05) is 0 Å². The number of carbonyl (C=O) groups is 1. The van der Waals surface area contributed by atoms with Gasteiger partial charge in [-0.25, -0.2) is 9.78 Å². The standard InChI is InChI=1S/C28H29ClN2O3/c29-23-9-5-4-8-22(23)26-30-24(25(31-26)27(32)33-16-18-6-2-1-3-7-18)17-34-28-13-19-10-20(14-28)12-21(11-19)15-28/h1-9,19-21H,10-17H2,(H,30,31). The molecule has 0 saturated heterocycles. The van der Waals surface area contributed by atoms with Crippen LogP contribution in [0.15, 0.2) is 54.6 Å². The van der Waals surface area contributed by atoms with E-state index in [1.165, 1.54) is 19.3 Å². The molecule has 4 bridgehead atoms. The van der Waals surface area contributed by atoms with Gasteiger partial charge in [-0.2, -0.15) is 0 Å². The first-order valence-corrected chi connectivity index (χ1v) is 12.6. The molecule has 1 aromatic heterocycles. The Kier molecular flexibility index (Phi) is 5.70. The Morgan fingerprint density at radius 2 is 1.59 bits per heavy atom. The predicted molar refractivity (Wildman–Crippen MR) is 130 cm³/mol. The van der Waals surface area contributed by atoms with E-state index in [0.29, 0.717) is 23.1 Å². The summed E-state index contributed by atoms with van der Waals surface area (Å²) in [6.45, 7) is 0.516. The van der Waals surface area contributed by atoms with Crippen LogP contribution in [-0.4, -0.2) is 21.5 Å². The van der Waals surface area contributed by atoms with Gasteiger partial charge in [-0.15, -0.1) is 0 Å². The summed E-state index contributed by atoms with van der Waals surface area (Å²) in [6.07, 6.45) is 7.50. The number of aromatic nitrogens is 2. The molecule has 0 atom stereocenters. The van der Waals surface area contributed by atoms with Gasteiger partial charge in [0.25, 0.3) is 0 Å². The molecule has 5 nitrogen and oxygen atoms in total. The second kappa shape index (κ2) is 8.86. The Morgan fingerprint density at radius 1 is 0.941 bits per heavy atom. The van der Waals surface area contributed by atoms with E-state index in [-0.39, 0.29) is 17.9 Å². The zero-order valence-electron chi connectivity index (χ0n) is 19.1. The fourth-order valence-electron chi connectivity index (χ4n) is 6.69. The van der Waals surface area contributed by atoms with Gasteiger partial charge in [0.2, 0.25) is 0 Å². The quantitative estimate of drug-likeness (QED) is 0.391. The van der Waals surface area contributed by atoms with Gasteiger partial charge >= 0.3 is 5.97 Å². The van der Waals surface area contributed by atoms with Crippen LogP contribution >= 0.6 is 11.6 Å². The lowest BCUT2D eigenvalue weighted by Crippen LogP contribution is -2.51. The third-order valence-corrected chi connectivity index (χ3v) is 8.15. The Balaban J connectivity index is 1.25. The minimum Gasteiger partial charge on any atom is -0.456 e. The van der Waals surface area contributed by atoms with Crippen molar-refractivity contribution in [3.63, 3.8) is 0 Å². The van der Waals surface area contributed by atoms with Crippen molar-refractivity contribution in [1.82, 2.24) is 9.97 Å². The molecule has 0 unspecified atom stereocenters. The maximum absolute atomic E-state index is 13.1. The molecule has 4 aliphatic carbocycles. The molecule has 2 aromatic carbocycles. The van der Waals surface area contributed by atoms with E-state index in [1.54, 1.807) is 0 Å². The first-order chi connectivity index (χ1) is 16.6. The fourth-order valence-corrected chi connectivity index (χ4v) is 6.91. The summed E-state index contributed by atoms with van der Waals surface area (Å²) in [5, 5.41) is 0.578. The second-order valence-electron chi connectivity index (χ2n) is 10.3. The smallest absolute Gasteiger partial charge is 0.359 e. The van der Waals surface area contributed by atoms with Crippen molar-refractivity contribution >= 4 is 17.6 Å². The molecule has 0 amide bonds. The maximum Gasteiger partial charge on any atom is 0.359 e. The van der Waals surface area contributed by atoms with E-state index in [2.05, 4.69) is 9.97 Å². The van der Waals surface area contributed by atoms with Crippen molar-refractivity contribution in [2.24, 2.45) is 17.8 Å². The Morgan fingerprint density at radius 3 is 2.26 bits per heavy atom. The van der Waals surface area contributed by atoms with Gasteiger partial charge in [0.15, 0.2) is 5.69 Å². The van der Waals surface area contributed by atoms with Gasteiger partial charge in [-0.3, -0.25) is 0 Å². The second-order valence-corrected chi connectivity index (χ2v) is 10.8. The zero-order chi connectivity index (χ0) is 23.1. The van der Waals surface area contributed by atoms with E-state index in [0.717, 1.165) is 48.1 Å². The highest BCUT2D eigenvalue weighted by Crippen LogP contribution is 2.57. The summed E-state index contributed by atoms with van der Waals surface area (Å²) in [7, 11) is 0. The van der Waals surface area contributed by atoms with Gasteiger partial charge < -0.3 is 14.5 Å². The lowest BCUT2D eigenvalue weighted by Gasteiger charge is -2.56. The minimum atomic E-state index is -0.456. The number of imidazole rings is 1. The van der Waals surface area contributed by atoms with Crippen LogP contribution in [0.1, 0.15) is 60.3 Å². The van der Waals surface area contributed by atoms with Crippen molar-refractivity contribution in [1.29, 1.82) is 0 Å². The molecule has 0 aliphatic heterocycles. The summed E-state index contributed by atoms with van der Waals surface area (Å²) < 4.78 is 12.3. The minimum absolute atomic E-state index is 0.0599. The van der Waals surface area contributed by atoms with E-state index in [9.17, 15) is 4.79 Å². The van der Waals surface area contributed by atoms with Gasteiger partial charge in [0.1, 0.15) is 12.4 Å². The average molecular weight is 477 g/mol. The van der Waals surface area contributed by atoms with E-state index in [1.807, 2.05) is 54.6 Å². The number of H-pyrrole nitrogens is 1. The van der Waals surface area contributed by atoms with Gasteiger partial charge in [-0.1, -0.05) is 54.1 Å². The fraction of sp³-hybridized carbons (Fsp3) is 0.429. The number of aromatic amines is 1. The highest BCUT2D eigenvalue weighted by Gasteiger charge is 2.51. The third-order valence-electron chi connectivity index (χ3n) is 7.82. The van der Waals surface area contributed by atoms with Crippen LogP contribution in [-0.2, 0) is 22.7 Å². The summed E-state index contributed by atoms with van der Waals surface area (Å²) >= 11 is 6.42. The van der Waals surface area contributed by atoms with Crippen molar-refractivity contribution in [3.05, 3.63) is 76.6 Å². The molecule has 34 heavy (non-hydrogen) atoms. The highest BCUT2D eigenvalue weighted by molar-refractivity contribution is 6.33. The van der Waals surface area contributed by atoms with Crippen LogP contribution < -0.4 is 0 Å². The number of rotatable bonds is 7. The molecule has 4 fully saturated rings. The van der Waals surface area contributed by atoms with Gasteiger partial charge in [-0.05, 0) is 74.0 Å². The molecule has 7 rings (SSSR count). The van der Waals surface area contributed by atoms with Crippen LogP contribution in [0, 0.1) is 17.8 Å². The lowest BCUT2D eigenvalue weighted by atomic mass is 9.54. The molecule has 1 heterocycles. The number of hydrogen-bond donors (Lipinski definition) is 1. The Bertz CT molecular complexity index is 1150.